The third-order valence-corrected chi connectivity index (χ3v) is 270. The Morgan fingerprint density at radius 2 is 0.584 bits per heavy atom. The van der Waals surface area contributed by atoms with Crippen LogP contribution in [0, 0.1) is 20.2 Å². The van der Waals surface area contributed by atoms with Gasteiger partial charge in [0.2, 0.25) is 0 Å². The van der Waals surface area contributed by atoms with E-state index in [0.717, 1.165) is 3.91 Å². The van der Waals surface area contributed by atoms with Crippen molar-refractivity contribution in [2.45, 2.75) is 266 Å². The Morgan fingerprint density at radius 3 is 0.636 bits per heavy atom. The van der Waals surface area contributed by atoms with Crippen LogP contribution in [-0.2, 0) is 9.68 Å². The third kappa shape index (κ3) is 24.7. The fourth-order valence-electron chi connectivity index (χ4n) is 19.5. The summed E-state index contributed by atoms with van der Waals surface area (Å²) in [5, 5.41) is 18.3. The fourth-order valence-corrected chi connectivity index (χ4v) is 369. The van der Waals surface area contributed by atoms with Crippen molar-refractivity contribution in [3.63, 3.8) is 0 Å². The molecule has 0 radical (unpaired) electrons. The van der Waals surface area contributed by atoms with Gasteiger partial charge in [-0.25, -0.2) is 0 Å². The molecule has 0 amide bonds. The quantitative estimate of drug-likeness (QED) is 0.0556. The first-order chi connectivity index (χ1) is 33.0. The minimum absolute atomic E-state index is 0.0547. The van der Waals surface area contributed by atoms with Gasteiger partial charge in [-0.1, -0.05) is 239 Å². The summed E-state index contributed by atoms with van der Waals surface area (Å²) in [7, 11) is -22.1. The lowest BCUT2D eigenvalue weighted by atomic mass is 10.6. The van der Waals surface area contributed by atoms with E-state index in [-0.39, 0.29) is 12.5 Å². The maximum absolute atomic E-state index is 10.8. The lowest BCUT2D eigenvalue weighted by molar-refractivity contribution is -0.757. The number of rotatable bonds is 20. The first kappa shape index (κ1) is 87.1. The second-order valence-corrected chi connectivity index (χ2v) is 172. The summed E-state index contributed by atoms with van der Waals surface area (Å²) in [6, 6.07) is 7.53. The van der Waals surface area contributed by atoms with Crippen molar-refractivity contribution >= 4 is 132 Å². The van der Waals surface area contributed by atoms with Crippen molar-refractivity contribution in [2.75, 3.05) is 12.5 Å². The maximum Gasteiger partial charge on any atom is 0.294 e. The predicted octanol–water partition coefficient (Wildman–Crippen LogP) is 15.0. The molecule has 12 nitrogen and oxygen atoms in total. The SMILES string of the molecule is CC[Si](CC)(CO[N+](=O)[O-])CO[N+](=O)[O-].C[Si](C)(C)C.C[Si](C)(C)C([Si](C)(C)C)([Si](C)(C)C)[Si](C)(C)C.C[Si](C)(C)[Si]([Si](C)(C)C)([Si](C)(C)C)[Si](C)(C)C.C[Si](C)(O)[Si]([Si](C)(C)O)([Si](C)(C)O)[Si](C)(C)O.c1cc[siH]cc1. The average Bonchev–Trinajstić information content (AvgIpc) is 3.05. The van der Waals surface area contributed by atoms with Crippen molar-refractivity contribution in [1.82, 2.24) is 0 Å². The van der Waals surface area contributed by atoms with Gasteiger partial charge < -0.3 is 28.9 Å². The highest BCUT2D eigenvalue weighted by Gasteiger charge is 2.76. The van der Waals surface area contributed by atoms with E-state index in [9.17, 15) is 39.4 Å². The fraction of sp³-hybridized carbons (Fsp3) is 0.896. The van der Waals surface area contributed by atoms with Crippen LogP contribution in [0.2, 0.25) is 252 Å². The molecule has 77 heavy (non-hydrogen) atoms. The molecule has 0 unspecified atom stereocenters. The molecule has 1 aromatic rings. The zero-order valence-electron chi connectivity index (χ0n) is 57.9. The van der Waals surface area contributed by atoms with Gasteiger partial charge >= 0.3 is 0 Å². The first-order valence-electron chi connectivity index (χ1n) is 28.4. The highest BCUT2D eigenvalue weighted by Crippen LogP contribution is 2.59. The molecule has 0 bridgehead atoms. The van der Waals surface area contributed by atoms with Crippen molar-refractivity contribution in [1.29, 1.82) is 0 Å². The molecule has 0 atom stereocenters. The largest absolute Gasteiger partial charge is 0.435 e. The Labute approximate surface area is 494 Å². The zero-order valence-corrected chi connectivity index (χ0v) is 75.1. The Balaban J connectivity index is -0.000000280. The van der Waals surface area contributed by atoms with E-state index in [2.05, 4.69) is 223 Å². The van der Waals surface area contributed by atoms with Crippen molar-refractivity contribution in [3.8, 4) is 0 Å². The van der Waals surface area contributed by atoms with E-state index in [0.29, 0.717) is 21.2 Å². The van der Waals surface area contributed by atoms with Gasteiger partial charge in [0.25, 0.3) is 10.2 Å². The van der Waals surface area contributed by atoms with Crippen LogP contribution in [0.4, 0.5) is 0 Å². The van der Waals surface area contributed by atoms with Crippen LogP contribution in [0.1, 0.15) is 13.8 Å². The molecule has 4 N–H and O–H groups in total. The molecule has 0 aliphatic rings. The summed E-state index contributed by atoms with van der Waals surface area (Å²) >= 11 is 0. The van der Waals surface area contributed by atoms with E-state index in [1.54, 1.807) is 52.4 Å². The number of hydrogen-bond donors (Lipinski definition) is 4. The van der Waals surface area contributed by atoms with E-state index >= 15 is 0 Å². The molecule has 0 aromatic carbocycles. The highest BCUT2D eigenvalue weighted by atomic mass is 30.2. The van der Waals surface area contributed by atoms with Gasteiger partial charge in [0, 0.05) is 86.0 Å². The maximum atomic E-state index is 10.8. The predicted molar refractivity (Wildman–Crippen MR) is 391 cm³/mol. The van der Waals surface area contributed by atoms with E-state index in [1.807, 2.05) is 13.8 Å². The van der Waals surface area contributed by atoms with Crippen molar-refractivity contribution in [2.24, 2.45) is 0 Å². The molecule has 0 saturated carbocycles. The van der Waals surface area contributed by atoms with Gasteiger partial charge in [-0.05, 0) is 56.3 Å². The van der Waals surface area contributed by atoms with Gasteiger partial charge in [0.15, 0.2) is 37.5 Å². The molecule has 1 aromatic heterocycles. The smallest absolute Gasteiger partial charge is 0.294 e. The summed E-state index contributed by atoms with van der Waals surface area (Å²) < 4.78 is 0.806. The Morgan fingerprint density at radius 1 is 0.390 bits per heavy atom. The van der Waals surface area contributed by atoms with Gasteiger partial charge in [-0.2, -0.15) is 0 Å². The van der Waals surface area contributed by atoms with Crippen molar-refractivity contribution < 1.29 is 39.0 Å². The Kier molecular flexibility index (Phi) is 34.6. The topological polar surface area (TPSA) is 186 Å². The second-order valence-electron chi connectivity index (χ2n) is 33.8. The van der Waals surface area contributed by atoms with Crippen LogP contribution < -0.4 is 0 Å². The molecule has 0 aliphatic carbocycles. The number of hydrogen-bond acceptors (Lipinski definition) is 10. The first-order valence-corrected chi connectivity index (χ1v) is 88.3. The normalized spacial score (nSPS) is 14.3. The van der Waals surface area contributed by atoms with Gasteiger partial charge in [0.1, 0.15) is 8.07 Å². The van der Waals surface area contributed by atoms with Crippen LogP contribution in [0.25, 0.3) is 0 Å². The summed E-state index contributed by atoms with van der Waals surface area (Å²) in [6.07, 6.45) is -3.98. The van der Waals surface area contributed by atoms with Gasteiger partial charge in [0.05, 0.1) is 12.5 Å². The second kappa shape index (κ2) is 30.6. The standard InChI is InChI=1S/C13H36Si4.C12H36Si5.C8H28O4Si5.C6H14N2O6Si.C5H6Si.C4H12Si/c1-14(2,3)13(15(4,5)6,16(7,8)9)17(10,11)12;1-13(2,3)17(14(4,5)6,15(7,8)9)16(10,11)12;1-13(2,9)17(14(3,4)10,15(5,6)11)16(7,8)12;1-3-15(4-2,5-13-7(9)10)6-14-8(11)12;1-2-4-6-5-3-1;1-5(2,3)4/h2*1-12H3;9-12H,1-8H3;3-6H2,1-2H3;1-6H;1-4H3. The lowest BCUT2D eigenvalue weighted by Crippen LogP contribution is -2.95. The summed E-state index contributed by atoms with van der Waals surface area (Å²) in [4.78, 5) is 71.7. The van der Waals surface area contributed by atoms with Crippen LogP contribution in [0.5, 0.6) is 0 Å². The van der Waals surface area contributed by atoms with E-state index < -0.39 is 133 Å². The van der Waals surface area contributed by atoms with Gasteiger partial charge in [-0.15, -0.1) is 20.2 Å². The summed E-state index contributed by atoms with van der Waals surface area (Å²) in [5.74, 6) is 0. The molecule has 462 valence electrons. The van der Waals surface area contributed by atoms with Crippen LogP contribution in [0.3, 0.4) is 0 Å². The Hall–Kier alpha value is 1.28. The highest BCUT2D eigenvalue weighted by molar-refractivity contribution is 8.06. The molecule has 0 spiro atoms. The molecular weight excluding hydrogens is 1240 g/mol. The van der Waals surface area contributed by atoms with Crippen LogP contribution in [-0.4, -0.2) is 173 Å². The van der Waals surface area contributed by atoms with Gasteiger partial charge in [-0.3, -0.25) is 0 Å². The molecule has 0 aliphatic heterocycles. The average molecular weight is 1380 g/mol. The third-order valence-electron chi connectivity index (χ3n) is 15.8. The van der Waals surface area contributed by atoms with Crippen molar-refractivity contribution in [3.05, 3.63) is 49.8 Å². The summed E-state index contributed by atoms with van der Waals surface area (Å²) in [5.41, 5.74) is 4.42. The lowest BCUT2D eigenvalue weighted by Gasteiger charge is -2.65. The van der Waals surface area contributed by atoms with Crippen LogP contribution >= 0.6 is 0 Å². The molecule has 0 fully saturated rings. The summed E-state index contributed by atoms with van der Waals surface area (Å²) in [6.45, 7) is 91.8. The molecule has 0 saturated heterocycles. The van der Waals surface area contributed by atoms with Crippen LogP contribution in [0.15, 0.2) is 29.6 Å². The minimum Gasteiger partial charge on any atom is -0.435 e. The van der Waals surface area contributed by atoms with E-state index in [1.165, 1.54) is 0 Å². The monoisotopic (exact) mass is 1370 g/mol. The zero-order chi connectivity index (χ0) is 64.1. The molecule has 1 rings (SSSR count). The molecular formula is C48H132N2O10Si17. The number of nitrogens with zero attached hydrogens (tertiary/aromatic N) is 2. The molecule has 29 heteroatoms. The Bertz CT molecular complexity index is 1480. The van der Waals surface area contributed by atoms with E-state index in [4.69, 9.17) is 0 Å². The minimum atomic E-state index is -2.82. The molecule has 1 heterocycles.